The molecule has 0 amide bonds. The zero-order chi connectivity index (χ0) is 17.0. The first-order valence-electron chi connectivity index (χ1n) is 9.96. The predicted octanol–water partition coefficient (Wildman–Crippen LogP) is 3.86. The van der Waals surface area contributed by atoms with Gasteiger partial charge in [0.1, 0.15) is 0 Å². The molecule has 4 bridgehead atoms. The molecule has 5 heteroatoms. The minimum absolute atomic E-state index is 0.117. The van der Waals surface area contributed by atoms with Gasteiger partial charge in [0.2, 0.25) is 0 Å². The first kappa shape index (κ1) is 16.1. The fourth-order valence-corrected chi connectivity index (χ4v) is 7.18. The first-order valence-corrected chi connectivity index (χ1v) is 10.8. The molecule has 0 radical (unpaired) electrons. The van der Waals surface area contributed by atoms with Crippen LogP contribution in [0.15, 0.2) is 10.4 Å². The number of hydrogen-bond donors (Lipinski definition) is 0. The minimum Gasteiger partial charge on any atom is -0.469 e. The molecule has 0 atom stereocenters. The van der Waals surface area contributed by atoms with E-state index in [4.69, 9.17) is 9.73 Å². The second-order valence-corrected chi connectivity index (χ2v) is 9.78. The summed E-state index contributed by atoms with van der Waals surface area (Å²) in [7, 11) is 1.47. The first-order chi connectivity index (χ1) is 12.1. The van der Waals surface area contributed by atoms with E-state index < -0.39 is 0 Å². The quantitative estimate of drug-likeness (QED) is 0.749. The lowest BCUT2D eigenvalue weighted by Crippen LogP contribution is -2.50. The van der Waals surface area contributed by atoms with Gasteiger partial charge in [0, 0.05) is 17.1 Å². The molecular formula is C20H28N2O2S. The molecular weight excluding hydrogens is 332 g/mol. The Morgan fingerprint density at radius 1 is 1.24 bits per heavy atom. The van der Waals surface area contributed by atoms with E-state index in [2.05, 4.69) is 9.95 Å². The topological polar surface area (TPSA) is 43.6 Å². The number of esters is 1. The molecule has 1 aromatic heterocycles. The minimum atomic E-state index is -0.117. The number of aryl methyl sites for hydroxylation is 1. The van der Waals surface area contributed by atoms with Crippen LogP contribution >= 0.6 is 11.3 Å². The number of ether oxygens (including phenoxy) is 1. The number of methoxy groups -OCH3 is 1. The maximum Gasteiger partial charge on any atom is 0.305 e. The molecule has 0 spiro atoms. The highest BCUT2D eigenvalue weighted by molar-refractivity contribution is 7.07. The van der Waals surface area contributed by atoms with Gasteiger partial charge < -0.3 is 9.30 Å². The molecule has 5 saturated carbocycles. The summed E-state index contributed by atoms with van der Waals surface area (Å²) in [5.41, 5.74) is 1.51. The number of rotatable bonds is 5. The van der Waals surface area contributed by atoms with Crippen LogP contribution in [0.2, 0.25) is 0 Å². The standard InChI is InChI=1S/C20H28N2O2S/c1-24-18(23)5-4-17-12-25-19(22(17)16-2-3-16)21-20-9-13-6-14(10-20)8-15(7-13)11-20/h12-16H,2-11H2,1H3. The van der Waals surface area contributed by atoms with Crippen molar-refractivity contribution in [1.29, 1.82) is 0 Å². The third-order valence-corrected chi connectivity index (χ3v) is 7.77. The number of carbonyl (C=O) groups is 1. The van der Waals surface area contributed by atoms with Crippen molar-refractivity contribution < 1.29 is 9.53 Å². The third kappa shape index (κ3) is 2.98. The predicted molar refractivity (Wildman–Crippen MR) is 97.4 cm³/mol. The van der Waals surface area contributed by atoms with Gasteiger partial charge in [-0.15, -0.1) is 11.3 Å². The zero-order valence-corrected chi connectivity index (χ0v) is 15.9. The van der Waals surface area contributed by atoms with Gasteiger partial charge >= 0.3 is 5.97 Å². The van der Waals surface area contributed by atoms with E-state index in [0.717, 1.165) is 24.2 Å². The second kappa shape index (κ2) is 5.97. The number of aromatic nitrogens is 1. The highest BCUT2D eigenvalue weighted by Gasteiger charge is 2.51. The molecule has 4 nitrogen and oxygen atoms in total. The number of thiazole rings is 1. The van der Waals surface area contributed by atoms with Gasteiger partial charge in [-0.2, -0.15) is 0 Å². The number of nitrogens with zero attached hydrogens (tertiary/aromatic N) is 2. The molecule has 25 heavy (non-hydrogen) atoms. The molecule has 5 aliphatic carbocycles. The van der Waals surface area contributed by atoms with Crippen LogP contribution in [-0.2, 0) is 16.0 Å². The molecule has 0 aromatic carbocycles. The van der Waals surface area contributed by atoms with Gasteiger partial charge in [-0.1, -0.05) is 0 Å². The smallest absolute Gasteiger partial charge is 0.305 e. The van der Waals surface area contributed by atoms with E-state index in [9.17, 15) is 4.79 Å². The lowest BCUT2D eigenvalue weighted by Gasteiger charge is -2.54. The molecule has 1 aromatic rings. The molecule has 6 rings (SSSR count). The number of carbonyl (C=O) groups excluding carboxylic acids is 1. The van der Waals surface area contributed by atoms with Gasteiger partial charge in [-0.25, -0.2) is 0 Å². The lowest BCUT2D eigenvalue weighted by molar-refractivity contribution is -0.140. The van der Waals surface area contributed by atoms with Crippen molar-refractivity contribution in [2.75, 3.05) is 7.11 Å². The summed E-state index contributed by atoms with van der Waals surface area (Å²) in [5, 5.41) is 2.24. The highest BCUT2D eigenvalue weighted by Crippen LogP contribution is 2.57. The van der Waals surface area contributed by atoms with Gasteiger partial charge in [0.15, 0.2) is 4.80 Å². The van der Waals surface area contributed by atoms with Crippen molar-refractivity contribution in [1.82, 2.24) is 4.57 Å². The fourth-order valence-electron chi connectivity index (χ4n) is 6.08. The van der Waals surface area contributed by atoms with Gasteiger partial charge in [0.25, 0.3) is 0 Å². The average Bonchev–Trinajstić information content (AvgIpc) is 3.33. The monoisotopic (exact) mass is 360 g/mol. The zero-order valence-electron chi connectivity index (χ0n) is 15.1. The summed E-state index contributed by atoms with van der Waals surface area (Å²) >= 11 is 1.80. The van der Waals surface area contributed by atoms with E-state index in [1.807, 2.05) is 0 Å². The Kier molecular flexibility index (Phi) is 3.84. The molecule has 5 aliphatic rings. The Bertz CT molecular complexity index is 708. The van der Waals surface area contributed by atoms with Crippen molar-refractivity contribution in [2.45, 2.75) is 75.8 Å². The molecule has 5 fully saturated rings. The lowest BCUT2D eigenvalue weighted by atomic mass is 9.53. The van der Waals surface area contributed by atoms with E-state index in [1.165, 1.54) is 69.0 Å². The average molecular weight is 361 g/mol. The van der Waals surface area contributed by atoms with Crippen molar-refractivity contribution in [2.24, 2.45) is 22.7 Å². The van der Waals surface area contributed by atoms with Crippen LogP contribution in [-0.4, -0.2) is 23.2 Å². The molecule has 0 N–H and O–H groups in total. The fraction of sp³-hybridized carbons (Fsp3) is 0.800. The Balaban J connectivity index is 1.46. The largest absolute Gasteiger partial charge is 0.469 e. The SMILES string of the molecule is COC(=O)CCc1csc(=NC23CC4CC(CC(C4)C2)C3)n1C1CC1. The van der Waals surface area contributed by atoms with E-state index in [0.29, 0.717) is 12.5 Å². The maximum atomic E-state index is 11.5. The summed E-state index contributed by atoms with van der Waals surface area (Å²) in [6, 6.07) is 0.617. The van der Waals surface area contributed by atoms with Crippen LogP contribution in [0.25, 0.3) is 0 Å². The van der Waals surface area contributed by atoms with E-state index >= 15 is 0 Å². The third-order valence-electron chi connectivity index (χ3n) is 6.88. The van der Waals surface area contributed by atoms with Crippen LogP contribution in [0.5, 0.6) is 0 Å². The normalized spacial score (nSPS) is 36.8. The van der Waals surface area contributed by atoms with Crippen molar-refractivity contribution in [3.8, 4) is 0 Å². The second-order valence-electron chi connectivity index (χ2n) is 8.94. The van der Waals surface area contributed by atoms with Gasteiger partial charge in [-0.3, -0.25) is 9.79 Å². The van der Waals surface area contributed by atoms with Crippen LogP contribution in [0.1, 0.15) is 69.5 Å². The highest BCUT2D eigenvalue weighted by atomic mass is 32.1. The molecule has 0 unspecified atom stereocenters. The molecule has 136 valence electrons. The van der Waals surface area contributed by atoms with Crippen LogP contribution in [0.3, 0.4) is 0 Å². The van der Waals surface area contributed by atoms with Crippen molar-refractivity contribution in [3.63, 3.8) is 0 Å². The Morgan fingerprint density at radius 3 is 2.44 bits per heavy atom. The van der Waals surface area contributed by atoms with Crippen LogP contribution in [0.4, 0.5) is 0 Å². The summed E-state index contributed by atoms with van der Waals surface area (Å²) in [6.07, 6.45) is 12.1. The van der Waals surface area contributed by atoms with Crippen LogP contribution < -0.4 is 4.80 Å². The van der Waals surface area contributed by atoms with Crippen molar-refractivity contribution in [3.05, 3.63) is 15.9 Å². The Labute approximate surface area is 153 Å². The van der Waals surface area contributed by atoms with Gasteiger partial charge in [0.05, 0.1) is 19.1 Å². The molecule has 1 heterocycles. The summed E-state index contributed by atoms with van der Waals surface area (Å²) in [4.78, 5) is 18.2. The maximum absolute atomic E-state index is 11.5. The Hall–Kier alpha value is -1.10. The van der Waals surface area contributed by atoms with E-state index in [1.54, 1.807) is 11.3 Å². The molecule has 0 saturated heterocycles. The van der Waals surface area contributed by atoms with Crippen LogP contribution in [0, 0.1) is 17.8 Å². The summed E-state index contributed by atoms with van der Waals surface area (Å²) < 4.78 is 7.28. The number of hydrogen-bond acceptors (Lipinski definition) is 4. The van der Waals surface area contributed by atoms with Crippen molar-refractivity contribution >= 4 is 17.3 Å². The Morgan fingerprint density at radius 2 is 1.88 bits per heavy atom. The molecule has 0 aliphatic heterocycles. The summed E-state index contributed by atoms with van der Waals surface area (Å²) in [5.74, 6) is 2.68. The van der Waals surface area contributed by atoms with Gasteiger partial charge in [-0.05, 0) is 75.5 Å². The summed E-state index contributed by atoms with van der Waals surface area (Å²) in [6.45, 7) is 0. The van der Waals surface area contributed by atoms with E-state index in [-0.39, 0.29) is 11.5 Å².